The molecule has 3 heterocycles. The van der Waals surface area contributed by atoms with E-state index in [4.69, 9.17) is 19.9 Å². The SMILES string of the molecule is Cc1ccc(-c2ncc(C(=O)N3CCN(C(=O)c4cnc(-c5ccc(C)cc5)c(-c5ccc(C)cc5)n4)CC3)nc2-c2ccc(C)cc2)cc1. The van der Waals surface area contributed by atoms with Crippen LogP contribution in [-0.2, 0) is 0 Å². The van der Waals surface area contributed by atoms with Crippen LogP contribution >= 0.6 is 0 Å². The third kappa shape index (κ3) is 6.78. The monoisotopic (exact) mass is 658 g/mol. The van der Waals surface area contributed by atoms with E-state index in [0.717, 1.165) is 55.9 Å². The highest BCUT2D eigenvalue weighted by Gasteiger charge is 2.28. The van der Waals surface area contributed by atoms with Crippen molar-refractivity contribution in [2.75, 3.05) is 26.2 Å². The molecule has 0 radical (unpaired) electrons. The predicted molar refractivity (Wildman–Crippen MR) is 197 cm³/mol. The van der Waals surface area contributed by atoms with Crippen molar-refractivity contribution in [1.29, 1.82) is 0 Å². The number of piperazine rings is 1. The minimum absolute atomic E-state index is 0.211. The van der Waals surface area contributed by atoms with Crippen LogP contribution in [0.1, 0.15) is 43.2 Å². The molecule has 6 aromatic rings. The van der Waals surface area contributed by atoms with Crippen molar-refractivity contribution < 1.29 is 9.59 Å². The summed E-state index contributed by atoms with van der Waals surface area (Å²) in [7, 11) is 0. The minimum atomic E-state index is -0.211. The van der Waals surface area contributed by atoms with Crippen molar-refractivity contribution in [3.63, 3.8) is 0 Å². The molecule has 7 rings (SSSR count). The molecular weight excluding hydrogens is 621 g/mol. The Balaban J connectivity index is 1.11. The zero-order chi connectivity index (χ0) is 34.8. The maximum atomic E-state index is 13.8. The van der Waals surface area contributed by atoms with Crippen molar-refractivity contribution in [1.82, 2.24) is 29.7 Å². The van der Waals surface area contributed by atoms with Crippen LogP contribution < -0.4 is 0 Å². The molecule has 1 fully saturated rings. The van der Waals surface area contributed by atoms with E-state index >= 15 is 0 Å². The summed E-state index contributed by atoms with van der Waals surface area (Å²) < 4.78 is 0. The highest BCUT2D eigenvalue weighted by atomic mass is 16.2. The van der Waals surface area contributed by atoms with Gasteiger partial charge < -0.3 is 9.80 Å². The lowest BCUT2D eigenvalue weighted by molar-refractivity contribution is 0.0529. The van der Waals surface area contributed by atoms with Crippen molar-refractivity contribution >= 4 is 11.8 Å². The molecule has 50 heavy (non-hydrogen) atoms. The van der Waals surface area contributed by atoms with Crippen LogP contribution in [0.3, 0.4) is 0 Å². The average Bonchev–Trinajstić information content (AvgIpc) is 3.15. The quantitative estimate of drug-likeness (QED) is 0.182. The molecule has 0 atom stereocenters. The van der Waals surface area contributed by atoms with E-state index in [9.17, 15) is 9.59 Å². The molecule has 8 heteroatoms. The Kier molecular flexibility index (Phi) is 9.00. The molecule has 1 aliphatic rings. The molecule has 0 unspecified atom stereocenters. The Bertz CT molecular complexity index is 2010. The van der Waals surface area contributed by atoms with Gasteiger partial charge in [-0.1, -0.05) is 119 Å². The summed E-state index contributed by atoms with van der Waals surface area (Å²) in [6, 6.07) is 32.5. The van der Waals surface area contributed by atoms with Gasteiger partial charge in [-0.2, -0.15) is 0 Å². The van der Waals surface area contributed by atoms with Gasteiger partial charge in [-0.05, 0) is 27.7 Å². The lowest BCUT2D eigenvalue weighted by Gasteiger charge is -2.34. The summed E-state index contributed by atoms with van der Waals surface area (Å²) in [5.41, 5.74) is 11.5. The van der Waals surface area contributed by atoms with E-state index in [1.54, 1.807) is 22.2 Å². The lowest BCUT2D eigenvalue weighted by atomic mass is 10.0. The van der Waals surface area contributed by atoms with Crippen LogP contribution in [0, 0.1) is 27.7 Å². The molecule has 4 aromatic carbocycles. The second kappa shape index (κ2) is 13.8. The number of benzene rings is 4. The third-order valence-electron chi connectivity index (χ3n) is 9.14. The van der Waals surface area contributed by atoms with Gasteiger partial charge in [0.25, 0.3) is 11.8 Å². The molecule has 0 N–H and O–H groups in total. The Hall–Kier alpha value is -6.02. The van der Waals surface area contributed by atoms with E-state index in [-0.39, 0.29) is 23.2 Å². The van der Waals surface area contributed by atoms with Crippen molar-refractivity contribution in [3.8, 4) is 45.0 Å². The molecule has 2 amide bonds. The van der Waals surface area contributed by atoms with Gasteiger partial charge >= 0.3 is 0 Å². The molecule has 1 saturated heterocycles. The van der Waals surface area contributed by atoms with Gasteiger partial charge in [-0.25, -0.2) is 9.97 Å². The second-order valence-electron chi connectivity index (χ2n) is 13.0. The summed E-state index contributed by atoms with van der Waals surface area (Å²) in [5.74, 6) is -0.422. The molecule has 0 bridgehead atoms. The lowest BCUT2D eigenvalue weighted by Crippen LogP contribution is -2.51. The Labute approximate surface area is 292 Å². The normalized spacial score (nSPS) is 13.0. The smallest absolute Gasteiger partial charge is 0.274 e. The molecular formula is C42H38N6O2. The summed E-state index contributed by atoms with van der Waals surface area (Å²) in [6.07, 6.45) is 3.12. The van der Waals surface area contributed by atoms with Crippen LogP contribution in [0.4, 0.5) is 0 Å². The predicted octanol–water partition coefficient (Wildman–Crippen LogP) is 7.77. The van der Waals surface area contributed by atoms with E-state index in [2.05, 4.69) is 0 Å². The van der Waals surface area contributed by atoms with E-state index in [0.29, 0.717) is 37.6 Å². The van der Waals surface area contributed by atoms with E-state index in [1.165, 1.54) is 0 Å². The zero-order valence-electron chi connectivity index (χ0n) is 28.7. The van der Waals surface area contributed by atoms with E-state index < -0.39 is 0 Å². The maximum absolute atomic E-state index is 13.8. The summed E-state index contributed by atoms with van der Waals surface area (Å²) in [6.45, 7) is 9.63. The largest absolute Gasteiger partial charge is 0.334 e. The number of amides is 2. The standard InChI is InChI=1S/C42H38N6O2/c1-27-5-13-31(14-6-27)37-39(33-17-9-29(3)10-18-33)45-35(25-43-37)41(49)47-21-23-48(24-22-47)42(50)36-26-44-38(32-15-7-28(2)8-16-32)40(46-36)34-19-11-30(4)12-20-34/h5-20,25-26H,21-24H2,1-4H3. The summed E-state index contributed by atoms with van der Waals surface area (Å²) in [4.78, 5) is 50.3. The van der Waals surface area contributed by atoms with Gasteiger partial charge in [-0.3, -0.25) is 19.6 Å². The number of nitrogens with zero attached hydrogens (tertiary/aromatic N) is 6. The number of rotatable bonds is 6. The fourth-order valence-electron chi connectivity index (χ4n) is 6.09. The average molecular weight is 659 g/mol. The van der Waals surface area contributed by atoms with Crippen LogP contribution in [0.5, 0.6) is 0 Å². The van der Waals surface area contributed by atoms with Gasteiger partial charge in [0.1, 0.15) is 11.4 Å². The maximum Gasteiger partial charge on any atom is 0.274 e. The first-order valence-corrected chi connectivity index (χ1v) is 16.8. The summed E-state index contributed by atoms with van der Waals surface area (Å²) in [5, 5.41) is 0. The third-order valence-corrected chi connectivity index (χ3v) is 9.14. The molecule has 1 aliphatic heterocycles. The van der Waals surface area contributed by atoms with Gasteiger partial charge in [0, 0.05) is 48.4 Å². The fraction of sp³-hybridized carbons (Fsp3) is 0.190. The number of hydrogen-bond donors (Lipinski definition) is 0. The van der Waals surface area contributed by atoms with Gasteiger partial charge in [0.15, 0.2) is 0 Å². The molecule has 0 aliphatic carbocycles. The van der Waals surface area contributed by atoms with Gasteiger partial charge in [0.05, 0.1) is 35.2 Å². The van der Waals surface area contributed by atoms with Gasteiger partial charge in [-0.15, -0.1) is 0 Å². The number of hydrogen-bond acceptors (Lipinski definition) is 6. The zero-order valence-corrected chi connectivity index (χ0v) is 28.7. The number of aromatic nitrogens is 4. The topological polar surface area (TPSA) is 92.2 Å². The molecule has 2 aromatic heterocycles. The van der Waals surface area contributed by atoms with Crippen LogP contribution in [0.15, 0.2) is 109 Å². The Morgan fingerprint density at radius 3 is 0.960 bits per heavy atom. The first-order valence-electron chi connectivity index (χ1n) is 16.8. The highest BCUT2D eigenvalue weighted by Crippen LogP contribution is 2.31. The van der Waals surface area contributed by atoms with Crippen LogP contribution in [0.25, 0.3) is 45.0 Å². The number of carbonyl (C=O) groups is 2. The Morgan fingerprint density at radius 2 is 0.680 bits per heavy atom. The van der Waals surface area contributed by atoms with Crippen molar-refractivity contribution in [3.05, 3.63) is 143 Å². The second-order valence-corrected chi connectivity index (χ2v) is 13.0. The minimum Gasteiger partial charge on any atom is -0.334 e. The fourth-order valence-corrected chi connectivity index (χ4v) is 6.09. The van der Waals surface area contributed by atoms with E-state index in [1.807, 2.05) is 125 Å². The highest BCUT2D eigenvalue weighted by molar-refractivity contribution is 5.95. The number of carbonyl (C=O) groups excluding carboxylic acids is 2. The Morgan fingerprint density at radius 1 is 0.420 bits per heavy atom. The van der Waals surface area contributed by atoms with Gasteiger partial charge in [0.2, 0.25) is 0 Å². The van der Waals surface area contributed by atoms with Crippen LogP contribution in [0.2, 0.25) is 0 Å². The van der Waals surface area contributed by atoms with Crippen LogP contribution in [-0.4, -0.2) is 67.7 Å². The van der Waals surface area contributed by atoms with Crippen molar-refractivity contribution in [2.45, 2.75) is 27.7 Å². The first-order chi connectivity index (χ1) is 24.2. The molecule has 0 saturated carbocycles. The molecule has 8 nitrogen and oxygen atoms in total. The summed E-state index contributed by atoms with van der Waals surface area (Å²) >= 11 is 0. The molecule has 248 valence electrons. The number of aryl methyl sites for hydroxylation is 4. The molecule has 0 spiro atoms. The van der Waals surface area contributed by atoms with Crippen molar-refractivity contribution in [2.24, 2.45) is 0 Å². The first kappa shape index (κ1) is 32.5.